The van der Waals surface area contributed by atoms with E-state index >= 15 is 0 Å². The van der Waals surface area contributed by atoms with Crippen molar-refractivity contribution in [3.63, 3.8) is 0 Å². The van der Waals surface area contributed by atoms with Gasteiger partial charge in [0.15, 0.2) is 5.71 Å². The molecule has 0 amide bonds. The summed E-state index contributed by atoms with van der Waals surface area (Å²) >= 11 is 0. The molecular formula is C58H53F6N2+. The molecule has 5 aromatic rings. The van der Waals surface area contributed by atoms with E-state index in [1.807, 2.05) is 169 Å². The maximum absolute atomic E-state index is 14.3. The van der Waals surface area contributed by atoms with Gasteiger partial charge in [0.05, 0.1) is 16.5 Å². The zero-order valence-corrected chi connectivity index (χ0v) is 37.3. The molecule has 0 spiro atoms. The van der Waals surface area contributed by atoms with Gasteiger partial charge >= 0.3 is 12.4 Å². The third-order valence-corrected chi connectivity index (χ3v) is 13.2. The van der Waals surface area contributed by atoms with Crippen molar-refractivity contribution in [1.82, 2.24) is 0 Å². The zero-order valence-electron chi connectivity index (χ0n) is 37.3. The van der Waals surface area contributed by atoms with Gasteiger partial charge in [0.1, 0.15) is 7.05 Å². The van der Waals surface area contributed by atoms with Gasteiger partial charge in [-0.3, -0.25) is 0 Å². The molecule has 5 aromatic carbocycles. The fourth-order valence-electron chi connectivity index (χ4n) is 10.3. The summed E-state index contributed by atoms with van der Waals surface area (Å²) in [5.74, 6) is 0.325. The first kappa shape index (κ1) is 45.9. The first-order valence-electron chi connectivity index (χ1n) is 22.3. The van der Waals surface area contributed by atoms with Crippen LogP contribution in [-0.2, 0) is 42.4 Å². The third kappa shape index (κ3) is 9.65. The molecule has 2 aliphatic heterocycles. The largest absolute Gasteiger partial charge is 0.416 e. The number of fused-ring (bicyclic) bond motifs is 2. The van der Waals surface area contributed by atoms with Gasteiger partial charge in [-0.2, -0.15) is 30.9 Å². The summed E-state index contributed by atoms with van der Waals surface area (Å²) < 4.78 is 87.8. The Balaban J connectivity index is 1.10. The number of anilines is 1. The predicted octanol–water partition coefficient (Wildman–Crippen LogP) is 14.8. The van der Waals surface area contributed by atoms with Crippen molar-refractivity contribution in [2.24, 2.45) is 5.92 Å². The van der Waals surface area contributed by atoms with Crippen LogP contribution >= 0.6 is 0 Å². The summed E-state index contributed by atoms with van der Waals surface area (Å²) in [5, 5.41) is 0. The number of hydrogen-bond donors (Lipinski definition) is 0. The van der Waals surface area contributed by atoms with Crippen LogP contribution < -0.4 is 4.90 Å². The van der Waals surface area contributed by atoms with Gasteiger partial charge in [0.25, 0.3) is 0 Å². The summed E-state index contributed by atoms with van der Waals surface area (Å²) in [4.78, 5) is 2.01. The number of rotatable bonds is 13. The normalized spacial score (nSPS) is 20.1. The molecule has 66 heavy (non-hydrogen) atoms. The van der Waals surface area contributed by atoms with Crippen molar-refractivity contribution in [1.29, 1.82) is 0 Å². The highest BCUT2D eigenvalue weighted by atomic mass is 19.4. The van der Waals surface area contributed by atoms with Crippen LogP contribution in [0.25, 0.3) is 0 Å². The Morgan fingerprint density at radius 1 is 0.606 bits per heavy atom. The number of halogens is 6. The highest BCUT2D eigenvalue weighted by Crippen LogP contribution is 2.53. The highest BCUT2D eigenvalue weighted by molar-refractivity contribution is 6.04. The van der Waals surface area contributed by atoms with Crippen LogP contribution in [0.2, 0.25) is 0 Å². The fourth-order valence-corrected chi connectivity index (χ4v) is 10.3. The Labute approximate surface area is 384 Å². The second-order valence-corrected chi connectivity index (χ2v) is 17.7. The number of likely N-dealkylation sites (N-methyl/N-ethyl adjacent to an activating group) is 1. The van der Waals surface area contributed by atoms with E-state index in [1.54, 1.807) is 12.1 Å². The Kier molecular flexibility index (Phi) is 13.2. The molecule has 336 valence electrons. The fraction of sp³-hybridized carbons (Fsp3) is 0.224. The maximum atomic E-state index is 14.3. The second kappa shape index (κ2) is 19.0. The van der Waals surface area contributed by atoms with Crippen LogP contribution in [0.5, 0.6) is 0 Å². The molecule has 0 bridgehead atoms. The van der Waals surface area contributed by atoms with E-state index in [0.717, 1.165) is 52.0 Å². The predicted molar refractivity (Wildman–Crippen MR) is 256 cm³/mol. The lowest BCUT2D eigenvalue weighted by Gasteiger charge is -2.34. The Bertz CT molecular complexity index is 2740. The molecule has 0 aromatic heterocycles. The standard InChI is InChI=1S/C58H53F6N2/c1-42-21-20-28-46(35-42)41-56(40-45-26-16-11-17-27-45)50-37-48(58(62,63)64)32-34-52(50)66(3)54(56)30-19-8-6-4-5-7-18-29-53-55(38-43-22-12-9-13-23-43,39-44-24-14-10-15-25-44)49-36-47(57(59,60)61)31-33-51(49)65(53)2/h4-34,36-37,42H,35,38-41H2,1-3H3/q+1. The van der Waals surface area contributed by atoms with Crippen molar-refractivity contribution in [3.8, 4) is 0 Å². The molecule has 2 heterocycles. The number of hydrogen-bond acceptors (Lipinski definition) is 1. The van der Waals surface area contributed by atoms with Gasteiger partial charge < -0.3 is 4.90 Å². The van der Waals surface area contributed by atoms with Crippen LogP contribution in [0.3, 0.4) is 0 Å². The smallest absolute Gasteiger partial charge is 0.347 e. The molecular weight excluding hydrogens is 839 g/mol. The van der Waals surface area contributed by atoms with Crippen LogP contribution in [0.4, 0.5) is 37.7 Å². The highest BCUT2D eigenvalue weighted by Gasteiger charge is 2.52. The van der Waals surface area contributed by atoms with E-state index in [2.05, 4.69) is 25.2 Å². The van der Waals surface area contributed by atoms with E-state index in [9.17, 15) is 26.3 Å². The molecule has 0 saturated heterocycles. The minimum absolute atomic E-state index is 0.325. The Hall–Kier alpha value is -6.67. The molecule has 0 radical (unpaired) electrons. The van der Waals surface area contributed by atoms with Gasteiger partial charge in [-0.1, -0.05) is 164 Å². The van der Waals surface area contributed by atoms with E-state index in [1.165, 1.54) is 23.8 Å². The molecule has 1 aliphatic carbocycles. The van der Waals surface area contributed by atoms with Crippen molar-refractivity contribution in [2.75, 3.05) is 19.0 Å². The van der Waals surface area contributed by atoms with Crippen molar-refractivity contribution in [2.45, 2.75) is 62.2 Å². The van der Waals surface area contributed by atoms with E-state index in [-0.39, 0.29) is 0 Å². The SMILES string of the molecule is CC1C=CC=C(CC2(Cc3ccccc3)C(C=CC=CC=CC=CC=C3N(C)c4ccc(C(F)(F)F)cc4C3(Cc3ccccc3)Cc3ccccc3)=[N+](C)c3ccc(C(F)(F)F)cc32)C1. The molecule has 8 heteroatoms. The van der Waals surface area contributed by atoms with E-state index in [4.69, 9.17) is 0 Å². The Morgan fingerprint density at radius 2 is 1.11 bits per heavy atom. The monoisotopic (exact) mass is 891 g/mol. The summed E-state index contributed by atoms with van der Waals surface area (Å²) in [6, 6.07) is 38.0. The second-order valence-electron chi connectivity index (χ2n) is 17.7. The maximum Gasteiger partial charge on any atom is 0.416 e. The average molecular weight is 892 g/mol. The first-order chi connectivity index (χ1) is 31.7. The summed E-state index contributed by atoms with van der Waals surface area (Å²) in [6.07, 6.45) is 17.7. The molecule has 0 N–H and O–H groups in total. The zero-order chi connectivity index (χ0) is 46.5. The van der Waals surface area contributed by atoms with Crippen LogP contribution in [-0.4, -0.2) is 24.4 Å². The number of alkyl halides is 6. The Morgan fingerprint density at radius 3 is 1.65 bits per heavy atom. The molecule has 0 fully saturated rings. The number of allylic oxidation sites excluding steroid dienone is 14. The first-order valence-corrected chi connectivity index (χ1v) is 22.3. The average Bonchev–Trinajstić information content (AvgIpc) is 3.64. The van der Waals surface area contributed by atoms with Crippen molar-refractivity contribution < 1.29 is 30.9 Å². The topological polar surface area (TPSA) is 6.25 Å². The lowest BCUT2D eigenvalue weighted by Crippen LogP contribution is -2.37. The van der Waals surface area contributed by atoms with Gasteiger partial charge in [0, 0.05) is 41.6 Å². The quantitative estimate of drug-likeness (QED) is 0.0648. The van der Waals surface area contributed by atoms with Crippen LogP contribution in [0, 0.1) is 5.92 Å². The van der Waals surface area contributed by atoms with Crippen LogP contribution in [0.1, 0.15) is 58.7 Å². The van der Waals surface area contributed by atoms with Crippen LogP contribution in [0.15, 0.2) is 212 Å². The lowest BCUT2D eigenvalue weighted by molar-refractivity contribution is -0.401. The van der Waals surface area contributed by atoms with Gasteiger partial charge in [-0.15, -0.1) is 0 Å². The van der Waals surface area contributed by atoms with Gasteiger partial charge in [-0.25, -0.2) is 0 Å². The minimum atomic E-state index is -4.50. The summed E-state index contributed by atoms with van der Waals surface area (Å²) in [7, 11) is 3.85. The van der Waals surface area contributed by atoms with E-state index in [0.29, 0.717) is 42.7 Å². The minimum Gasteiger partial charge on any atom is -0.347 e. The van der Waals surface area contributed by atoms with Crippen molar-refractivity contribution >= 4 is 17.1 Å². The summed E-state index contributed by atoms with van der Waals surface area (Å²) in [5.41, 5.74) is 6.00. The molecule has 0 saturated carbocycles. The van der Waals surface area contributed by atoms with Gasteiger partial charge in [0.2, 0.25) is 5.69 Å². The number of nitrogens with zero attached hydrogens (tertiary/aromatic N) is 2. The molecule has 3 aliphatic rings. The molecule has 2 atom stereocenters. The van der Waals surface area contributed by atoms with Gasteiger partial charge in [-0.05, 0) is 96.7 Å². The molecule has 8 rings (SSSR count). The van der Waals surface area contributed by atoms with Crippen molar-refractivity contribution in [3.05, 3.63) is 251 Å². The van der Waals surface area contributed by atoms with E-state index < -0.39 is 34.3 Å². The molecule has 2 nitrogen and oxygen atoms in total. The third-order valence-electron chi connectivity index (χ3n) is 13.2. The summed E-state index contributed by atoms with van der Waals surface area (Å²) in [6.45, 7) is 2.16. The molecule has 2 unspecified atom stereocenters. The number of benzene rings is 5. The lowest BCUT2D eigenvalue weighted by atomic mass is 9.67.